The van der Waals surface area contributed by atoms with Crippen molar-refractivity contribution in [3.63, 3.8) is 0 Å². The Morgan fingerprint density at radius 3 is 2.42 bits per heavy atom. The van der Waals surface area contributed by atoms with Gasteiger partial charge in [-0.1, -0.05) is 0 Å². The van der Waals surface area contributed by atoms with Crippen LogP contribution in [-0.2, 0) is 0 Å². The summed E-state index contributed by atoms with van der Waals surface area (Å²) in [4.78, 5) is 2.77. The van der Waals surface area contributed by atoms with Crippen molar-refractivity contribution in [1.82, 2.24) is 4.98 Å². The summed E-state index contributed by atoms with van der Waals surface area (Å²) in [6.45, 7) is 0. The molecule has 0 aromatic carbocycles. The van der Waals surface area contributed by atoms with Crippen LogP contribution in [0, 0.1) is 15.3 Å². The molecule has 0 spiro atoms. The van der Waals surface area contributed by atoms with Gasteiger partial charge >= 0.3 is 0 Å². The molecule has 66 valence electrons. The third kappa shape index (κ3) is 1.85. The van der Waals surface area contributed by atoms with Gasteiger partial charge in [0.25, 0.3) is 6.43 Å². The summed E-state index contributed by atoms with van der Waals surface area (Å²) in [5.74, 6) is -2.26. The number of aromatic nitrogens is 1. The zero-order valence-electron chi connectivity index (χ0n) is 5.49. The first-order chi connectivity index (χ1) is 5.52. The topological polar surface area (TPSA) is 12.9 Å². The maximum absolute atomic E-state index is 12.6. The Bertz CT molecular complexity index is 302. The van der Waals surface area contributed by atoms with Crippen LogP contribution in [-0.4, -0.2) is 4.98 Å². The summed E-state index contributed by atoms with van der Waals surface area (Å²) in [6.07, 6.45) is -3.09. The van der Waals surface area contributed by atoms with E-state index in [2.05, 4.69) is 4.98 Å². The largest absolute Gasteiger partial charge is 0.283 e. The Hall–Kier alpha value is -0.400. The summed E-state index contributed by atoms with van der Waals surface area (Å²) in [7, 11) is 0. The van der Waals surface area contributed by atoms with Crippen molar-refractivity contribution in [2.75, 3.05) is 0 Å². The summed E-state index contributed by atoms with van der Waals surface area (Å²) < 4.78 is 48.7. The number of rotatable bonds is 1. The van der Waals surface area contributed by atoms with Crippen molar-refractivity contribution >= 4 is 22.6 Å². The second-order valence-electron chi connectivity index (χ2n) is 1.93. The predicted molar refractivity (Wildman–Crippen MR) is 41.8 cm³/mol. The smallest absolute Gasteiger partial charge is 0.215 e. The van der Waals surface area contributed by atoms with Gasteiger partial charge in [-0.2, -0.15) is 4.39 Å². The van der Waals surface area contributed by atoms with E-state index in [9.17, 15) is 17.6 Å². The third-order valence-electron chi connectivity index (χ3n) is 1.12. The monoisotopic (exact) mass is 291 g/mol. The van der Waals surface area contributed by atoms with Gasteiger partial charge in [-0.3, -0.25) is 0 Å². The van der Waals surface area contributed by atoms with Crippen LogP contribution in [0.5, 0.6) is 0 Å². The highest BCUT2D eigenvalue weighted by Crippen LogP contribution is 2.22. The summed E-state index contributed by atoms with van der Waals surface area (Å²) in [5.41, 5.74) is -1.15. The number of nitrogens with zero attached hydrogens (tertiary/aromatic N) is 1. The van der Waals surface area contributed by atoms with E-state index in [0.717, 1.165) is 0 Å². The molecular formula is C6H2F4IN. The van der Waals surface area contributed by atoms with Gasteiger partial charge in [0.15, 0.2) is 5.82 Å². The Morgan fingerprint density at radius 1 is 1.33 bits per heavy atom. The van der Waals surface area contributed by atoms with Crippen LogP contribution in [0.25, 0.3) is 0 Å². The molecule has 6 heteroatoms. The van der Waals surface area contributed by atoms with Crippen molar-refractivity contribution in [2.45, 2.75) is 6.43 Å². The highest BCUT2D eigenvalue weighted by atomic mass is 127. The van der Waals surface area contributed by atoms with Gasteiger partial charge in [0, 0.05) is 0 Å². The first-order valence-electron chi connectivity index (χ1n) is 2.82. The minimum Gasteiger partial charge on any atom is -0.215 e. The minimum atomic E-state index is -3.09. The van der Waals surface area contributed by atoms with E-state index in [4.69, 9.17) is 0 Å². The lowest BCUT2D eigenvalue weighted by Crippen LogP contribution is -2.00. The van der Waals surface area contributed by atoms with E-state index >= 15 is 0 Å². The number of hydrogen-bond acceptors (Lipinski definition) is 1. The molecule has 1 heterocycles. The summed E-state index contributed by atoms with van der Waals surface area (Å²) in [5, 5.41) is 0. The molecule has 0 bridgehead atoms. The lowest BCUT2D eigenvalue weighted by Gasteiger charge is -2.01. The van der Waals surface area contributed by atoms with E-state index in [0.29, 0.717) is 6.07 Å². The molecule has 0 aliphatic heterocycles. The van der Waals surface area contributed by atoms with Gasteiger partial charge in [0.05, 0.1) is 3.57 Å². The van der Waals surface area contributed by atoms with Gasteiger partial charge < -0.3 is 0 Å². The van der Waals surface area contributed by atoms with Gasteiger partial charge in [-0.05, 0) is 28.7 Å². The number of pyridine rings is 1. The van der Waals surface area contributed by atoms with Crippen LogP contribution in [0.15, 0.2) is 6.07 Å². The van der Waals surface area contributed by atoms with Crippen molar-refractivity contribution in [1.29, 1.82) is 0 Å². The average molecular weight is 291 g/mol. The molecule has 0 radical (unpaired) electrons. The molecule has 0 aliphatic carbocycles. The van der Waals surface area contributed by atoms with Gasteiger partial charge in [0.2, 0.25) is 5.95 Å². The Kier molecular flexibility index (Phi) is 2.86. The Morgan fingerprint density at radius 2 is 1.92 bits per heavy atom. The highest BCUT2D eigenvalue weighted by molar-refractivity contribution is 14.1. The molecule has 0 amide bonds. The molecule has 0 atom stereocenters. The summed E-state index contributed by atoms with van der Waals surface area (Å²) >= 11 is 1.47. The zero-order valence-corrected chi connectivity index (χ0v) is 7.65. The fourth-order valence-corrected chi connectivity index (χ4v) is 1.00. The number of alkyl halides is 2. The quantitative estimate of drug-likeness (QED) is 0.440. The van der Waals surface area contributed by atoms with Crippen molar-refractivity contribution in [3.8, 4) is 0 Å². The van der Waals surface area contributed by atoms with Gasteiger partial charge in [-0.15, -0.1) is 0 Å². The summed E-state index contributed by atoms with van der Waals surface area (Å²) in [6, 6.07) is 0.685. The molecular weight excluding hydrogens is 289 g/mol. The fraction of sp³-hybridized carbons (Fsp3) is 0.167. The lowest BCUT2D eigenvalue weighted by molar-refractivity contribution is 0.139. The van der Waals surface area contributed by atoms with E-state index in [1.807, 2.05) is 0 Å². The molecule has 0 saturated carbocycles. The zero-order chi connectivity index (χ0) is 9.30. The van der Waals surface area contributed by atoms with Crippen LogP contribution >= 0.6 is 22.6 Å². The first kappa shape index (κ1) is 9.69. The van der Waals surface area contributed by atoms with Crippen molar-refractivity contribution < 1.29 is 17.6 Å². The van der Waals surface area contributed by atoms with Crippen molar-refractivity contribution in [2.24, 2.45) is 0 Å². The molecule has 1 aromatic heterocycles. The third-order valence-corrected chi connectivity index (χ3v) is 1.88. The van der Waals surface area contributed by atoms with Gasteiger partial charge in [0.1, 0.15) is 5.69 Å². The molecule has 1 rings (SSSR count). The van der Waals surface area contributed by atoms with Crippen LogP contribution in [0.2, 0.25) is 0 Å². The highest BCUT2D eigenvalue weighted by Gasteiger charge is 2.17. The standard InChI is InChI=1S/C6H2F4IN/c7-2-1-3(11)6(10)12-4(2)5(8)9/h1,5H. The average Bonchev–Trinajstić information content (AvgIpc) is 1.96. The Labute approximate surface area is 78.9 Å². The van der Waals surface area contributed by atoms with E-state index < -0.39 is 23.9 Å². The predicted octanol–water partition coefficient (Wildman–Crippen LogP) is 2.90. The first-order valence-corrected chi connectivity index (χ1v) is 3.90. The molecule has 0 unspecified atom stereocenters. The van der Waals surface area contributed by atoms with E-state index in [1.165, 1.54) is 22.6 Å². The normalized spacial score (nSPS) is 10.8. The molecule has 0 fully saturated rings. The number of hydrogen-bond donors (Lipinski definition) is 0. The molecule has 1 aromatic rings. The molecule has 12 heavy (non-hydrogen) atoms. The van der Waals surface area contributed by atoms with Crippen LogP contribution < -0.4 is 0 Å². The lowest BCUT2D eigenvalue weighted by atomic mass is 10.3. The van der Waals surface area contributed by atoms with Crippen LogP contribution in [0.4, 0.5) is 17.6 Å². The minimum absolute atomic E-state index is 0.116. The Balaban J connectivity index is 3.23. The SMILES string of the molecule is Fc1cc(I)c(F)nc1C(F)F. The fourth-order valence-electron chi connectivity index (χ4n) is 0.610. The van der Waals surface area contributed by atoms with E-state index in [1.54, 1.807) is 0 Å². The number of halogens is 5. The maximum atomic E-state index is 12.6. The molecule has 0 N–H and O–H groups in total. The van der Waals surface area contributed by atoms with Gasteiger partial charge in [-0.25, -0.2) is 18.2 Å². The second kappa shape index (κ2) is 3.55. The van der Waals surface area contributed by atoms with Crippen LogP contribution in [0.1, 0.15) is 12.1 Å². The van der Waals surface area contributed by atoms with Crippen molar-refractivity contribution in [3.05, 3.63) is 27.1 Å². The molecule has 1 nitrogen and oxygen atoms in total. The van der Waals surface area contributed by atoms with E-state index in [-0.39, 0.29) is 3.57 Å². The molecule has 0 aliphatic rings. The van der Waals surface area contributed by atoms with Crippen LogP contribution in [0.3, 0.4) is 0 Å². The maximum Gasteiger partial charge on any atom is 0.283 e. The molecule has 0 saturated heterocycles. The second-order valence-corrected chi connectivity index (χ2v) is 3.09.